The number of fused-ring (bicyclic) bond motifs is 1. The highest BCUT2D eigenvalue weighted by molar-refractivity contribution is 5.68. The molecule has 1 amide bonds. The Bertz CT molecular complexity index is 561. The second-order valence-corrected chi connectivity index (χ2v) is 4.34. The van der Waals surface area contributed by atoms with Crippen LogP contribution in [-0.4, -0.2) is 21.0 Å². The molecule has 0 atom stereocenters. The van der Waals surface area contributed by atoms with E-state index in [0.717, 1.165) is 17.0 Å². The van der Waals surface area contributed by atoms with Gasteiger partial charge in [-0.25, -0.2) is 4.79 Å². The van der Waals surface area contributed by atoms with Crippen molar-refractivity contribution >= 4 is 6.09 Å². The molecule has 19 heavy (non-hydrogen) atoms. The number of hydrogen-bond acceptors (Lipinski definition) is 4. The lowest BCUT2D eigenvalue weighted by Crippen LogP contribution is -2.26. The van der Waals surface area contributed by atoms with Crippen molar-refractivity contribution < 1.29 is 9.53 Å². The third-order valence-electron chi connectivity index (χ3n) is 3.01. The van der Waals surface area contributed by atoms with E-state index in [2.05, 4.69) is 9.97 Å². The van der Waals surface area contributed by atoms with Crippen molar-refractivity contribution in [3.05, 3.63) is 59.7 Å². The van der Waals surface area contributed by atoms with Gasteiger partial charge < -0.3 is 4.74 Å². The number of carbonyl (C=O) groups excluding carboxylic acids is 1. The van der Waals surface area contributed by atoms with E-state index in [4.69, 9.17) is 4.74 Å². The number of aromatic nitrogens is 2. The van der Waals surface area contributed by atoms with Gasteiger partial charge in [0.15, 0.2) is 0 Å². The van der Waals surface area contributed by atoms with Gasteiger partial charge in [-0.2, -0.15) is 0 Å². The Labute approximate surface area is 110 Å². The van der Waals surface area contributed by atoms with Crippen LogP contribution in [0.1, 0.15) is 17.0 Å². The first-order valence-electron chi connectivity index (χ1n) is 6.07. The predicted octanol–water partition coefficient (Wildman–Crippen LogP) is 2.13. The van der Waals surface area contributed by atoms with Crippen LogP contribution in [0.3, 0.4) is 0 Å². The molecule has 0 N–H and O–H groups in total. The Kier molecular flexibility index (Phi) is 3.10. The lowest BCUT2D eigenvalue weighted by atomic mass is 10.2. The predicted molar refractivity (Wildman–Crippen MR) is 67.9 cm³/mol. The van der Waals surface area contributed by atoms with E-state index in [0.29, 0.717) is 13.1 Å². The molecular weight excluding hydrogens is 242 g/mol. The van der Waals surface area contributed by atoms with Crippen molar-refractivity contribution in [1.29, 1.82) is 0 Å². The highest BCUT2D eigenvalue weighted by atomic mass is 16.6. The number of pyridine rings is 2. The van der Waals surface area contributed by atoms with E-state index in [1.807, 2.05) is 30.3 Å². The van der Waals surface area contributed by atoms with Crippen LogP contribution in [0.2, 0.25) is 0 Å². The summed E-state index contributed by atoms with van der Waals surface area (Å²) in [6.45, 7) is 1.27. The fraction of sp³-hybridized carbons (Fsp3) is 0.214. The van der Waals surface area contributed by atoms with Crippen LogP contribution in [0.25, 0.3) is 0 Å². The van der Waals surface area contributed by atoms with Crippen LogP contribution in [0, 0.1) is 0 Å². The number of carbonyl (C=O) groups is 1. The maximum absolute atomic E-state index is 11.9. The van der Waals surface area contributed by atoms with E-state index < -0.39 is 0 Å². The monoisotopic (exact) mass is 255 g/mol. The van der Waals surface area contributed by atoms with Gasteiger partial charge in [-0.05, 0) is 23.8 Å². The summed E-state index contributed by atoms with van der Waals surface area (Å²) < 4.78 is 5.24. The minimum absolute atomic E-state index is 0.194. The molecule has 0 radical (unpaired) electrons. The maximum Gasteiger partial charge on any atom is 0.410 e. The summed E-state index contributed by atoms with van der Waals surface area (Å²) in [6.07, 6.45) is 3.09. The van der Waals surface area contributed by atoms with Gasteiger partial charge >= 0.3 is 6.09 Å². The zero-order valence-electron chi connectivity index (χ0n) is 10.3. The van der Waals surface area contributed by atoms with E-state index in [9.17, 15) is 4.79 Å². The summed E-state index contributed by atoms with van der Waals surface area (Å²) in [5, 5.41) is 0. The average molecular weight is 255 g/mol. The van der Waals surface area contributed by atoms with Gasteiger partial charge in [-0.3, -0.25) is 14.9 Å². The summed E-state index contributed by atoms with van der Waals surface area (Å²) in [5.74, 6) is 0. The van der Waals surface area contributed by atoms with E-state index in [1.54, 1.807) is 17.3 Å². The molecule has 0 aromatic carbocycles. The van der Waals surface area contributed by atoms with Crippen molar-refractivity contribution in [3.8, 4) is 0 Å². The lowest BCUT2D eigenvalue weighted by Gasteiger charge is -2.14. The van der Waals surface area contributed by atoms with Crippen molar-refractivity contribution in [2.75, 3.05) is 0 Å². The third kappa shape index (κ3) is 2.54. The largest absolute Gasteiger partial charge is 0.443 e. The minimum Gasteiger partial charge on any atom is -0.443 e. The Morgan fingerprint density at radius 1 is 1.16 bits per heavy atom. The number of amides is 1. The van der Waals surface area contributed by atoms with Gasteiger partial charge in [0.1, 0.15) is 6.61 Å². The quantitative estimate of drug-likeness (QED) is 0.825. The molecule has 5 nitrogen and oxygen atoms in total. The van der Waals surface area contributed by atoms with Gasteiger partial charge in [0.05, 0.1) is 24.5 Å². The molecule has 0 aliphatic carbocycles. The van der Waals surface area contributed by atoms with Crippen LogP contribution >= 0.6 is 0 Å². The van der Waals surface area contributed by atoms with Gasteiger partial charge in [0.25, 0.3) is 0 Å². The second-order valence-electron chi connectivity index (χ2n) is 4.34. The van der Waals surface area contributed by atoms with E-state index in [-0.39, 0.29) is 12.7 Å². The molecule has 0 saturated carbocycles. The summed E-state index contributed by atoms with van der Waals surface area (Å²) >= 11 is 0. The molecule has 3 rings (SSSR count). The third-order valence-corrected chi connectivity index (χ3v) is 3.01. The number of nitrogens with zero attached hydrogens (tertiary/aromatic N) is 3. The molecule has 2 aromatic rings. The molecule has 2 aromatic heterocycles. The highest BCUT2D eigenvalue weighted by Crippen LogP contribution is 2.20. The minimum atomic E-state index is -0.330. The van der Waals surface area contributed by atoms with E-state index >= 15 is 0 Å². The molecule has 0 fully saturated rings. The number of hydrogen-bond donors (Lipinski definition) is 0. The van der Waals surface area contributed by atoms with Gasteiger partial charge in [0.2, 0.25) is 0 Å². The van der Waals surface area contributed by atoms with Crippen LogP contribution in [0.4, 0.5) is 4.79 Å². The molecule has 0 unspecified atom stereocenters. The summed E-state index contributed by atoms with van der Waals surface area (Å²) in [4.78, 5) is 21.9. The van der Waals surface area contributed by atoms with Gasteiger partial charge in [-0.1, -0.05) is 12.1 Å². The fourth-order valence-electron chi connectivity index (χ4n) is 2.04. The average Bonchev–Trinajstić information content (AvgIpc) is 2.90. The molecule has 0 spiro atoms. The van der Waals surface area contributed by atoms with Gasteiger partial charge in [0, 0.05) is 12.4 Å². The zero-order valence-corrected chi connectivity index (χ0v) is 10.3. The molecule has 3 heterocycles. The Hall–Kier alpha value is -2.43. The topological polar surface area (TPSA) is 55.3 Å². The van der Waals surface area contributed by atoms with Crippen LogP contribution in [0.15, 0.2) is 42.7 Å². The first kappa shape index (κ1) is 11.6. The summed E-state index contributed by atoms with van der Waals surface area (Å²) in [5.41, 5.74) is 2.76. The molecular formula is C14H13N3O2. The van der Waals surface area contributed by atoms with Gasteiger partial charge in [-0.15, -0.1) is 0 Å². The molecule has 0 saturated heterocycles. The van der Waals surface area contributed by atoms with Crippen LogP contribution < -0.4 is 0 Å². The first-order valence-corrected chi connectivity index (χ1v) is 6.07. The molecule has 0 bridgehead atoms. The van der Waals surface area contributed by atoms with Crippen molar-refractivity contribution in [2.24, 2.45) is 0 Å². The maximum atomic E-state index is 11.9. The zero-order chi connectivity index (χ0) is 13.1. The SMILES string of the molecule is O=C(OCc1ccccn1)N1Cc2cccnc2C1. The molecule has 96 valence electrons. The standard InChI is InChI=1S/C14H13N3O2/c18-14(19-10-12-5-1-2-6-15-12)17-8-11-4-3-7-16-13(11)9-17/h1-7H,8-10H2. The molecule has 1 aliphatic rings. The Balaban J connectivity index is 1.58. The van der Waals surface area contributed by atoms with Crippen LogP contribution in [0.5, 0.6) is 0 Å². The second kappa shape index (κ2) is 5.06. The Morgan fingerprint density at radius 3 is 2.84 bits per heavy atom. The van der Waals surface area contributed by atoms with Crippen molar-refractivity contribution in [1.82, 2.24) is 14.9 Å². The normalized spacial score (nSPS) is 13.2. The fourth-order valence-corrected chi connectivity index (χ4v) is 2.04. The van der Waals surface area contributed by atoms with Crippen molar-refractivity contribution in [3.63, 3.8) is 0 Å². The smallest absolute Gasteiger partial charge is 0.410 e. The van der Waals surface area contributed by atoms with Crippen LogP contribution in [-0.2, 0) is 24.4 Å². The van der Waals surface area contributed by atoms with Crippen molar-refractivity contribution in [2.45, 2.75) is 19.7 Å². The number of ether oxygens (including phenoxy) is 1. The Morgan fingerprint density at radius 2 is 2.05 bits per heavy atom. The molecule has 1 aliphatic heterocycles. The lowest BCUT2D eigenvalue weighted by molar-refractivity contribution is 0.0942. The van der Waals surface area contributed by atoms with E-state index in [1.165, 1.54) is 0 Å². The highest BCUT2D eigenvalue weighted by Gasteiger charge is 2.25. The molecule has 5 heteroatoms. The summed E-state index contributed by atoms with van der Waals surface area (Å²) in [6, 6.07) is 9.38. The number of rotatable bonds is 2. The first-order chi connectivity index (χ1) is 9.33. The summed E-state index contributed by atoms with van der Waals surface area (Å²) in [7, 11) is 0.